The number of aliphatic hydroxyl groups excluding tert-OH is 1. The minimum Gasteiger partial charge on any atom is -0.383 e. The van der Waals surface area contributed by atoms with Crippen molar-refractivity contribution < 1.29 is 19.2 Å². The zero-order chi connectivity index (χ0) is 9.84. The van der Waals surface area contributed by atoms with E-state index in [0.717, 1.165) is 6.29 Å². The Labute approximate surface area is 77.8 Å². The Morgan fingerprint density at radius 1 is 1.77 bits per heavy atom. The molecule has 0 spiro atoms. The first kappa shape index (κ1) is 10.3. The van der Waals surface area contributed by atoms with Crippen molar-refractivity contribution in [1.82, 2.24) is 0 Å². The molecule has 0 aliphatic carbocycles. The van der Waals surface area contributed by atoms with E-state index < -0.39 is 6.10 Å². The molecule has 74 valence electrons. The lowest BCUT2D eigenvalue weighted by Gasteiger charge is -2.27. The molecule has 13 heavy (non-hydrogen) atoms. The van der Waals surface area contributed by atoms with E-state index in [-0.39, 0.29) is 12.1 Å². The van der Waals surface area contributed by atoms with Gasteiger partial charge in [-0.25, -0.2) is 4.58 Å². The summed E-state index contributed by atoms with van der Waals surface area (Å²) in [7, 11) is 0. The van der Waals surface area contributed by atoms with Crippen LogP contribution in [0.25, 0.3) is 0 Å². The Morgan fingerprint density at radius 3 is 2.92 bits per heavy atom. The van der Waals surface area contributed by atoms with E-state index >= 15 is 0 Å². The van der Waals surface area contributed by atoms with Crippen LogP contribution in [0.2, 0.25) is 0 Å². The predicted octanol–water partition coefficient (Wildman–Crippen LogP) is -0.358. The molecule has 1 rings (SSSR count). The molecule has 0 aromatic rings. The molecule has 0 aromatic heterocycles. The highest BCUT2D eigenvalue weighted by Gasteiger charge is 2.37. The van der Waals surface area contributed by atoms with Crippen LogP contribution in [-0.2, 0) is 9.53 Å². The third-order valence-corrected chi connectivity index (χ3v) is 2.23. The second kappa shape index (κ2) is 4.48. The molecule has 1 saturated heterocycles. The number of carbonyl (C=O) groups excluding carboxylic acids is 1. The van der Waals surface area contributed by atoms with E-state index in [4.69, 9.17) is 4.74 Å². The van der Waals surface area contributed by atoms with Crippen molar-refractivity contribution in [3.8, 4) is 0 Å². The Kier molecular flexibility index (Phi) is 3.57. The third-order valence-electron chi connectivity index (χ3n) is 2.23. The summed E-state index contributed by atoms with van der Waals surface area (Å²) in [6.45, 7) is 6.70. The van der Waals surface area contributed by atoms with E-state index in [9.17, 15) is 9.90 Å². The highest BCUT2D eigenvalue weighted by Crippen LogP contribution is 2.17. The number of carbonyl (C=O) groups is 1. The van der Waals surface area contributed by atoms with Gasteiger partial charge in [0.05, 0.1) is 12.5 Å². The van der Waals surface area contributed by atoms with Crippen molar-refractivity contribution >= 4 is 13.0 Å². The topological polar surface area (TPSA) is 49.5 Å². The van der Waals surface area contributed by atoms with Gasteiger partial charge in [-0.3, -0.25) is 0 Å². The summed E-state index contributed by atoms with van der Waals surface area (Å²) in [6.07, 6.45) is 0.367. The maximum absolute atomic E-state index is 10.5. The normalized spacial score (nSPS) is 34.6. The molecule has 0 saturated carbocycles. The van der Waals surface area contributed by atoms with E-state index in [0.29, 0.717) is 19.6 Å². The van der Waals surface area contributed by atoms with Gasteiger partial charge in [-0.2, -0.15) is 0 Å². The Hall–Kier alpha value is -0.740. The molecule has 1 aliphatic heterocycles. The molecule has 1 fully saturated rings. The number of piperidine rings is 1. The quantitative estimate of drug-likeness (QED) is 0.484. The standard InChI is InChI=1S/C9H16NO3/c1-3-13-9-8(12)4-7(6-11)5-10(9)2/h6-9,12H,2-5H2,1H3/q+1. The zero-order valence-electron chi connectivity index (χ0n) is 7.85. The van der Waals surface area contributed by atoms with Crippen molar-refractivity contribution in [3.05, 3.63) is 0 Å². The Bertz CT molecular complexity index is 205. The van der Waals surface area contributed by atoms with Gasteiger partial charge in [0.15, 0.2) is 6.54 Å². The zero-order valence-corrected chi connectivity index (χ0v) is 7.85. The number of aliphatic hydroxyl groups is 1. The SMILES string of the molecule is C=[N+]1CC(C=O)CC(O)C1OCC. The van der Waals surface area contributed by atoms with E-state index in [1.807, 2.05) is 6.92 Å². The summed E-state index contributed by atoms with van der Waals surface area (Å²) in [4.78, 5) is 10.5. The molecule has 1 aliphatic rings. The van der Waals surface area contributed by atoms with Gasteiger partial charge in [0.25, 0.3) is 6.23 Å². The van der Waals surface area contributed by atoms with Crippen molar-refractivity contribution in [2.45, 2.75) is 25.7 Å². The molecule has 0 aromatic carbocycles. The van der Waals surface area contributed by atoms with Crippen LogP contribution in [0.3, 0.4) is 0 Å². The number of hydrogen-bond acceptors (Lipinski definition) is 3. The van der Waals surface area contributed by atoms with Gasteiger partial charge in [0.1, 0.15) is 19.1 Å². The molecule has 3 unspecified atom stereocenters. The van der Waals surface area contributed by atoms with Gasteiger partial charge in [-0.05, 0) is 13.3 Å². The number of aldehydes is 1. The average Bonchev–Trinajstić information content (AvgIpc) is 2.11. The van der Waals surface area contributed by atoms with Crippen LogP contribution in [0.1, 0.15) is 13.3 Å². The van der Waals surface area contributed by atoms with Crippen LogP contribution in [0, 0.1) is 5.92 Å². The van der Waals surface area contributed by atoms with Crippen LogP contribution in [0.5, 0.6) is 0 Å². The van der Waals surface area contributed by atoms with Gasteiger partial charge < -0.3 is 14.6 Å². The molecule has 3 atom stereocenters. The summed E-state index contributed by atoms with van der Waals surface area (Å²) >= 11 is 0. The van der Waals surface area contributed by atoms with Crippen LogP contribution in [-0.4, -0.2) is 48.2 Å². The second-order valence-electron chi connectivity index (χ2n) is 3.32. The van der Waals surface area contributed by atoms with E-state index in [1.54, 1.807) is 4.58 Å². The van der Waals surface area contributed by atoms with Crippen LogP contribution in [0.4, 0.5) is 0 Å². The molecular formula is C9H16NO3+. The lowest BCUT2D eigenvalue weighted by Crippen LogP contribution is -2.47. The molecule has 0 radical (unpaired) electrons. The summed E-state index contributed by atoms with van der Waals surface area (Å²) < 4.78 is 6.93. The van der Waals surface area contributed by atoms with Gasteiger partial charge in [0, 0.05) is 0 Å². The number of hydrogen-bond donors (Lipinski definition) is 1. The van der Waals surface area contributed by atoms with Crippen LogP contribution >= 0.6 is 0 Å². The summed E-state index contributed by atoms with van der Waals surface area (Å²) in [5.41, 5.74) is 0. The maximum atomic E-state index is 10.5. The maximum Gasteiger partial charge on any atom is 0.283 e. The first-order valence-electron chi connectivity index (χ1n) is 4.51. The summed E-state index contributed by atoms with van der Waals surface area (Å²) in [6, 6.07) is 0. The molecule has 1 heterocycles. The lowest BCUT2D eigenvalue weighted by atomic mass is 9.97. The highest BCUT2D eigenvalue weighted by atomic mass is 16.5. The fourth-order valence-electron chi connectivity index (χ4n) is 1.64. The minimum absolute atomic E-state index is 0.121. The molecule has 1 N–H and O–H groups in total. The molecule has 0 bridgehead atoms. The average molecular weight is 186 g/mol. The molecule has 4 heteroatoms. The smallest absolute Gasteiger partial charge is 0.283 e. The number of ether oxygens (including phenoxy) is 1. The monoisotopic (exact) mass is 186 g/mol. The molecular weight excluding hydrogens is 170 g/mol. The van der Waals surface area contributed by atoms with Crippen LogP contribution in [0.15, 0.2) is 0 Å². The summed E-state index contributed by atoms with van der Waals surface area (Å²) in [5.74, 6) is -0.121. The fraction of sp³-hybridized carbons (Fsp3) is 0.778. The van der Waals surface area contributed by atoms with Gasteiger partial charge in [0.2, 0.25) is 0 Å². The fourth-order valence-corrected chi connectivity index (χ4v) is 1.64. The molecule has 4 nitrogen and oxygen atoms in total. The van der Waals surface area contributed by atoms with Crippen molar-refractivity contribution in [2.24, 2.45) is 5.92 Å². The number of nitrogens with zero attached hydrogens (tertiary/aromatic N) is 1. The van der Waals surface area contributed by atoms with Crippen molar-refractivity contribution in [2.75, 3.05) is 13.2 Å². The second-order valence-corrected chi connectivity index (χ2v) is 3.32. The predicted molar refractivity (Wildman–Crippen MR) is 47.8 cm³/mol. The van der Waals surface area contributed by atoms with Crippen molar-refractivity contribution in [1.29, 1.82) is 0 Å². The van der Waals surface area contributed by atoms with Gasteiger partial charge in [-0.1, -0.05) is 0 Å². The largest absolute Gasteiger partial charge is 0.383 e. The Morgan fingerprint density at radius 2 is 2.46 bits per heavy atom. The van der Waals surface area contributed by atoms with Gasteiger partial charge >= 0.3 is 0 Å². The summed E-state index contributed by atoms with van der Waals surface area (Å²) in [5, 5.41) is 9.61. The van der Waals surface area contributed by atoms with Crippen LogP contribution < -0.4 is 0 Å². The first-order chi connectivity index (χ1) is 6.19. The Balaban J connectivity index is 2.58. The van der Waals surface area contributed by atoms with Gasteiger partial charge in [-0.15, -0.1) is 0 Å². The third kappa shape index (κ3) is 2.35. The lowest BCUT2D eigenvalue weighted by molar-refractivity contribution is -0.631. The van der Waals surface area contributed by atoms with E-state index in [2.05, 4.69) is 6.72 Å². The minimum atomic E-state index is -0.610. The highest BCUT2D eigenvalue weighted by molar-refractivity contribution is 5.53. The van der Waals surface area contributed by atoms with E-state index in [1.165, 1.54) is 0 Å². The number of rotatable bonds is 3. The van der Waals surface area contributed by atoms with Crippen molar-refractivity contribution in [3.63, 3.8) is 0 Å². The first-order valence-corrected chi connectivity index (χ1v) is 4.51. The molecule has 0 amide bonds.